The van der Waals surface area contributed by atoms with Gasteiger partial charge >= 0.3 is 0 Å². The maximum Gasteiger partial charge on any atom is 0.141 e. The van der Waals surface area contributed by atoms with Crippen LogP contribution in [0.25, 0.3) is 0 Å². The molecule has 1 unspecified atom stereocenters. The van der Waals surface area contributed by atoms with E-state index in [-0.39, 0.29) is 12.6 Å². The second-order valence-corrected chi connectivity index (χ2v) is 5.65. The van der Waals surface area contributed by atoms with Crippen LogP contribution in [0, 0.1) is 11.8 Å². The molecule has 0 amide bonds. The summed E-state index contributed by atoms with van der Waals surface area (Å²) in [7, 11) is 1.68. The molecule has 0 aliphatic heterocycles. The predicted molar refractivity (Wildman–Crippen MR) is 78.6 cm³/mol. The lowest BCUT2D eigenvalue weighted by Crippen LogP contribution is -2.35. The highest BCUT2D eigenvalue weighted by molar-refractivity contribution is 5.56. The molecule has 0 spiro atoms. The van der Waals surface area contributed by atoms with Crippen LogP contribution in [0.3, 0.4) is 0 Å². The van der Waals surface area contributed by atoms with Gasteiger partial charge in [0.2, 0.25) is 0 Å². The molecule has 0 bridgehead atoms. The van der Waals surface area contributed by atoms with Gasteiger partial charge in [-0.25, -0.2) is 0 Å². The summed E-state index contributed by atoms with van der Waals surface area (Å²) in [5.41, 5.74) is 0.975. The lowest BCUT2D eigenvalue weighted by atomic mass is 9.79. The fourth-order valence-corrected chi connectivity index (χ4v) is 2.96. The molecule has 0 radical (unpaired) electrons. The molecule has 1 fully saturated rings. The number of rotatable bonds is 5. The largest absolute Gasteiger partial charge is 0.495 e. The summed E-state index contributed by atoms with van der Waals surface area (Å²) in [6.45, 7) is 2.49. The highest BCUT2D eigenvalue weighted by Crippen LogP contribution is 2.33. The highest BCUT2D eigenvalue weighted by Gasteiger charge is 2.26. The first kappa shape index (κ1) is 14.2. The second-order valence-electron chi connectivity index (χ2n) is 5.65. The van der Waals surface area contributed by atoms with Gasteiger partial charge in [-0.1, -0.05) is 31.9 Å². The Labute approximate surface area is 116 Å². The zero-order valence-electron chi connectivity index (χ0n) is 11.9. The predicted octanol–water partition coefficient (Wildman–Crippen LogP) is 3.29. The molecule has 19 heavy (non-hydrogen) atoms. The van der Waals surface area contributed by atoms with E-state index in [1.54, 1.807) is 7.11 Å². The van der Waals surface area contributed by atoms with E-state index >= 15 is 0 Å². The molecular formula is C16H25NO2. The Bertz CT molecular complexity index is 386. The molecule has 1 aliphatic rings. The van der Waals surface area contributed by atoms with Crippen LogP contribution >= 0.6 is 0 Å². The summed E-state index contributed by atoms with van der Waals surface area (Å²) in [5, 5.41) is 13.1. The number of nitrogens with one attached hydrogen (secondary N) is 1. The van der Waals surface area contributed by atoms with Crippen molar-refractivity contribution < 1.29 is 9.84 Å². The minimum Gasteiger partial charge on any atom is -0.495 e. The van der Waals surface area contributed by atoms with Gasteiger partial charge in [0.1, 0.15) is 5.75 Å². The highest BCUT2D eigenvalue weighted by atomic mass is 16.5. The van der Waals surface area contributed by atoms with Crippen LogP contribution < -0.4 is 10.1 Å². The van der Waals surface area contributed by atoms with Gasteiger partial charge in [0, 0.05) is 0 Å². The zero-order valence-corrected chi connectivity index (χ0v) is 11.9. The molecule has 2 rings (SSSR count). The van der Waals surface area contributed by atoms with Crippen molar-refractivity contribution in [1.29, 1.82) is 0 Å². The van der Waals surface area contributed by atoms with Crippen molar-refractivity contribution in [3.05, 3.63) is 24.3 Å². The Hall–Kier alpha value is -1.22. The average Bonchev–Trinajstić information content (AvgIpc) is 2.46. The van der Waals surface area contributed by atoms with E-state index in [1.807, 2.05) is 24.3 Å². The number of hydrogen-bond acceptors (Lipinski definition) is 3. The summed E-state index contributed by atoms with van der Waals surface area (Å²) in [4.78, 5) is 0. The van der Waals surface area contributed by atoms with Crippen LogP contribution in [0.4, 0.5) is 5.69 Å². The third kappa shape index (κ3) is 3.63. The molecule has 1 aromatic rings. The van der Waals surface area contributed by atoms with Gasteiger partial charge < -0.3 is 15.2 Å². The Morgan fingerprint density at radius 1 is 1.26 bits per heavy atom. The van der Waals surface area contributed by atoms with Crippen LogP contribution in [0.1, 0.15) is 32.6 Å². The normalized spacial score (nSPS) is 24.8. The smallest absolute Gasteiger partial charge is 0.141 e. The molecule has 3 heteroatoms. The maximum absolute atomic E-state index is 9.67. The van der Waals surface area contributed by atoms with E-state index in [4.69, 9.17) is 4.74 Å². The van der Waals surface area contributed by atoms with Crippen LogP contribution in [-0.2, 0) is 0 Å². The van der Waals surface area contributed by atoms with E-state index in [0.29, 0.717) is 5.92 Å². The number of benzene rings is 1. The van der Waals surface area contributed by atoms with Crippen LogP contribution in [-0.4, -0.2) is 24.9 Å². The number of aliphatic hydroxyl groups is 1. The van der Waals surface area contributed by atoms with Gasteiger partial charge in [-0.3, -0.25) is 0 Å². The summed E-state index contributed by atoms with van der Waals surface area (Å²) < 4.78 is 5.35. The first-order valence-electron chi connectivity index (χ1n) is 7.25. The topological polar surface area (TPSA) is 41.5 Å². The van der Waals surface area contributed by atoms with Crippen molar-refractivity contribution in [2.45, 2.75) is 38.6 Å². The zero-order chi connectivity index (χ0) is 13.7. The quantitative estimate of drug-likeness (QED) is 0.856. The Kier molecular flexibility index (Phi) is 5.08. The lowest BCUT2D eigenvalue weighted by Gasteiger charge is -2.33. The molecular weight excluding hydrogens is 238 g/mol. The number of para-hydroxylation sites is 2. The molecule has 0 heterocycles. The maximum atomic E-state index is 9.67. The van der Waals surface area contributed by atoms with Crippen molar-refractivity contribution in [3.63, 3.8) is 0 Å². The van der Waals surface area contributed by atoms with Crippen molar-refractivity contribution in [2.24, 2.45) is 11.8 Å². The van der Waals surface area contributed by atoms with Gasteiger partial charge in [0.15, 0.2) is 0 Å². The average molecular weight is 263 g/mol. The van der Waals surface area contributed by atoms with E-state index in [2.05, 4.69) is 12.2 Å². The van der Waals surface area contributed by atoms with Gasteiger partial charge in [-0.2, -0.15) is 0 Å². The standard InChI is InChI=1S/C16H25NO2/c1-12-7-9-13(10-8-12)15(11-18)17-14-5-3-4-6-16(14)19-2/h3-6,12-13,15,17-18H,7-11H2,1-2H3. The lowest BCUT2D eigenvalue weighted by molar-refractivity contribution is 0.192. The van der Waals surface area contributed by atoms with Crippen LogP contribution in [0.15, 0.2) is 24.3 Å². The van der Waals surface area contributed by atoms with Crippen LogP contribution in [0.2, 0.25) is 0 Å². The third-order valence-electron chi connectivity index (χ3n) is 4.27. The van der Waals surface area contributed by atoms with Crippen molar-refractivity contribution in [2.75, 3.05) is 19.0 Å². The van der Waals surface area contributed by atoms with Crippen molar-refractivity contribution >= 4 is 5.69 Å². The SMILES string of the molecule is COc1ccccc1NC(CO)C1CCC(C)CC1. The van der Waals surface area contributed by atoms with Gasteiger partial charge in [0.05, 0.1) is 25.4 Å². The number of hydrogen-bond donors (Lipinski definition) is 2. The molecule has 1 aromatic carbocycles. The fourth-order valence-electron chi connectivity index (χ4n) is 2.96. The number of methoxy groups -OCH3 is 1. The first-order valence-corrected chi connectivity index (χ1v) is 7.25. The molecule has 3 nitrogen and oxygen atoms in total. The molecule has 0 saturated heterocycles. The molecule has 0 aromatic heterocycles. The number of aliphatic hydroxyl groups excluding tert-OH is 1. The van der Waals surface area contributed by atoms with Crippen LogP contribution in [0.5, 0.6) is 5.75 Å². The van der Waals surface area contributed by atoms with E-state index in [9.17, 15) is 5.11 Å². The molecule has 1 saturated carbocycles. The summed E-state index contributed by atoms with van der Waals surface area (Å²) in [6, 6.07) is 8.03. The minimum atomic E-state index is 0.129. The monoisotopic (exact) mass is 263 g/mol. The molecule has 1 aliphatic carbocycles. The summed E-state index contributed by atoms with van der Waals surface area (Å²) >= 11 is 0. The Balaban J connectivity index is 2.02. The third-order valence-corrected chi connectivity index (χ3v) is 4.27. The van der Waals surface area contributed by atoms with E-state index in [1.165, 1.54) is 25.7 Å². The summed E-state index contributed by atoms with van der Waals surface area (Å²) in [5.74, 6) is 2.23. The van der Waals surface area contributed by atoms with Gasteiger partial charge in [0.25, 0.3) is 0 Å². The molecule has 106 valence electrons. The Morgan fingerprint density at radius 2 is 1.95 bits per heavy atom. The minimum absolute atomic E-state index is 0.129. The van der Waals surface area contributed by atoms with E-state index < -0.39 is 0 Å². The van der Waals surface area contributed by atoms with Crippen molar-refractivity contribution in [1.82, 2.24) is 0 Å². The van der Waals surface area contributed by atoms with Gasteiger partial charge in [-0.05, 0) is 36.8 Å². The molecule has 1 atom stereocenters. The first-order chi connectivity index (χ1) is 9.24. The number of ether oxygens (including phenoxy) is 1. The van der Waals surface area contributed by atoms with E-state index in [0.717, 1.165) is 17.4 Å². The Morgan fingerprint density at radius 3 is 2.58 bits per heavy atom. The number of anilines is 1. The van der Waals surface area contributed by atoms with Crippen molar-refractivity contribution in [3.8, 4) is 5.75 Å². The molecule has 2 N–H and O–H groups in total. The van der Waals surface area contributed by atoms with Gasteiger partial charge in [-0.15, -0.1) is 0 Å². The summed E-state index contributed by atoms with van der Waals surface area (Å²) in [6.07, 6.45) is 4.95. The second kappa shape index (κ2) is 6.80. The fraction of sp³-hybridized carbons (Fsp3) is 0.625.